The molecule has 0 fully saturated rings. The van der Waals surface area contributed by atoms with Gasteiger partial charge in [0.05, 0.1) is 6.61 Å². The van der Waals surface area contributed by atoms with Crippen molar-refractivity contribution in [3.63, 3.8) is 0 Å². The van der Waals surface area contributed by atoms with Crippen molar-refractivity contribution in [1.82, 2.24) is 9.78 Å². The van der Waals surface area contributed by atoms with Crippen LogP contribution in [-0.2, 0) is 6.54 Å². The van der Waals surface area contributed by atoms with E-state index in [1.54, 1.807) is 0 Å². The number of ether oxygens (including phenoxy) is 1. The Morgan fingerprint density at radius 1 is 1.26 bits per heavy atom. The van der Waals surface area contributed by atoms with Crippen molar-refractivity contribution in [1.29, 1.82) is 0 Å². The van der Waals surface area contributed by atoms with Crippen LogP contribution in [0.4, 0.5) is 8.78 Å². The minimum absolute atomic E-state index is 0.318. The second kappa shape index (κ2) is 6.17. The first kappa shape index (κ1) is 13.3. The Labute approximate surface area is 108 Å². The highest BCUT2D eigenvalue weighted by molar-refractivity contribution is 5.20. The first-order valence-corrected chi connectivity index (χ1v) is 5.92. The number of aromatic nitrogens is 2. The van der Waals surface area contributed by atoms with Crippen LogP contribution in [0.25, 0.3) is 0 Å². The summed E-state index contributed by atoms with van der Waals surface area (Å²) in [6.07, 6.45) is -2.10. The van der Waals surface area contributed by atoms with Gasteiger partial charge in [-0.05, 0) is 12.1 Å². The normalized spacial score (nSPS) is 10.9. The zero-order valence-corrected chi connectivity index (χ0v) is 10.2. The lowest BCUT2D eigenvalue weighted by atomic mass is 10.3. The lowest BCUT2D eigenvalue weighted by Crippen LogP contribution is -2.17. The summed E-state index contributed by atoms with van der Waals surface area (Å²) in [4.78, 5) is 11.4. The monoisotopic (exact) mass is 268 g/mol. The molecule has 0 aliphatic carbocycles. The van der Waals surface area contributed by atoms with Gasteiger partial charge in [0.15, 0.2) is 0 Å². The quantitative estimate of drug-likeness (QED) is 0.818. The second-order valence-electron chi connectivity index (χ2n) is 4.02. The molecule has 0 radical (unpaired) electrons. The Kier molecular flexibility index (Phi) is 4.33. The SMILES string of the molecule is O=c1cc(C(F)F)[nH]n1CCCOc1ccccc1. The third kappa shape index (κ3) is 3.67. The molecule has 0 unspecified atom stereocenters. The third-order valence-electron chi connectivity index (χ3n) is 2.58. The number of alkyl halides is 2. The lowest BCUT2D eigenvalue weighted by Gasteiger charge is -2.06. The molecule has 0 bridgehead atoms. The summed E-state index contributed by atoms with van der Waals surface area (Å²) < 4.78 is 31.3. The largest absolute Gasteiger partial charge is 0.494 e. The summed E-state index contributed by atoms with van der Waals surface area (Å²) in [7, 11) is 0. The number of hydrogen-bond donors (Lipinski definition) is 1. The number of para-hydroxylation sites is 1. The van der Waals surface area contributed by atoms with Crippen LogP contribution in [0.3, 0.4) is 0 Å². The Balaban J connectivity index is 1.81. The number of rotatable bonds is 6. The van der Waals surface area contributed by atoms with Crippen molar-refractivity contribution in [3.05, 3.63) is 52.4 Å². The molecule has 1 heterocycles. The number of hydrogen-bond acceptors (Lipinski definition) is 2. The smallest absolute Gasteiger partial charge is 0.279 e. The molecule has 1 aromatic carbocycles. The number of nitrogens with one attached hydrogen (secondary N) is 1. The number of nitrogens with zero attached hydrogens (tertiary/aromatic N) is 1. The van der Waals surface area contributed by atoms with Crippen LogP contribution in [0.2, 0.25) is 0 Å². The number of halogens is 2. The molecule has 102 valence electrons. The summed E-state index contributed by atoms with van der Waals surface area (Å²) in [6.45, 7) is 0.734. The molecule has 0 amide bonds. The van der Waals surface area contributed by atoms with E-state index in [9.17, 15) is 13.6 Å². The minimum Gasteiger partial charge on any atom is -0.494 e. The van der Waals surface area contributed by atoms with Crippen molar-refractivity contribution in [2.75, 3.05) is 6.61 Å². The number of benzene rings is 1. The van der Waals surface area contributed by atoms with Crippen LogP contribution in [-0.4, -0.2) is 16.4 Å². The fourth-order valence-corrected chi connectivity index (χ4v) is 1.66. The summed E-state index contributed by atoms with van der Waals surface area (Å²) in [5.74, 6) is 0.745. The van der Waals surface area contributed by atoms with Crippen molar-refractivity contribution >= 4 is 0 Å². The molecule has 0 saturated carbocycles. The molecule has 0 aliphatic heterocycles. The molecule has 0 aliphatic rings. The van der Waals surface area contributed by atoms with Crippen LogP contribution in [0.1, 0.15) is 18.5 Å². The highest BCUT2D eigenvalue weighted by Crippen LogP contribution is 2.13. The topological polar surface area (TPSA) is 47.0 Å². The summed E-state index contributed by atoms with van der Waals surface area (Å²) >= 11 is 0. The molecule has 1 N–H and O–H groups in total. The molecule has 4 nitrogen and oxygen atoms in total. The van der Waals surface area contributed by atoms with Crippen LogP contribution < -0.4 is 10.3 Å². The predicted octanol–water partition coefficient (Wildman–Crippen LogP) is 2.58. The average molecular weight is 268 g/mol. The average Bonchev–Trinajstić information content (AvgIpc) is 2.78. The third-order valence-corrected chi connectivity index (χ3v) is 2.58. The van der Waals surface area contributed by atoms with Gasteiger partial charge in [-0.3, -0.25) is 14.6 Å². The zero-order chi connectivity index (χ0) is 13.7. The van der Waals surface area contributed by atoms with E-state index in [-0.39, 0.29) is 5.69 Å². The highest BCUT2D eigenvalue weighted by Gasteiger charge is 2.11. The standard InChI is InChI=1S/C13H14F2N2O2/c14-13(15)11-9-12(18)17(16-11)7-4-8-19-10-5-2-1-3-6-10/h1-3,5-6,9,13,16H,4,7-8H2. The van der Waals surface area contributed by atoms with Crippen molar-refractivity contribution < 1.29 is 13.5 Å². The van der Waals surface area contributed by atoms with Gasteiger partial charge in [0.1, 0.15) is 11.4 Å². The molecule has 0 saturated heterocycles. The molecular formula is C13H14F2N2O2. The molecule has 0 atom stereocenters. The van der Waals surface area contributed by atoms with E-state index in [0.29, 0.717) is 19.6 Å². The van der Waals surface area contributed by atoms with Gasteiger partial charge in [0.2, 0.25) is 0 Å². The summed E-state index contributed by atoms with van der Waals surface area (Å²) in [5.41, 5.74) is -0.802. The van der Waals surface area contributed by atoms with Crippen LogP contribution >= 0.6 is 0 Å². The first-order valence-electron chi connectivity index (χ1n) is 5.92. The van der Waals surface area contributed by atoms with E-state index in [1.807, 2.05) is 30.3 Å². The predicted molar refractivity (Wildman–Crippen MR) is 66.6 cm³/mol. The Bertz CT molecular complexity index is 564. The molecule has 2 aromatic rings. The molecular weight excluding hydrogens is 254 g/mol. The zero-order valence-electron chi connectivity index (χ0n) is 10.2. The minimum atomic E-state index is -2.66. The number of aromatic amines is 1. The van der Waals surface area contributed by atoms with Crippen LogP contribution in [0.15, 0.2) is 41.2 Å². The van der Waals surface area contributed by atoms with E-state index in [0.717, 1.165) is 16.5 Å². The van der Waals surface area contributed by atoms with E-state index in [1.165, 1.54) is 0 Å². The van der Waals surface area contributed by atoms with Crippen molar-refractivity contribution in [3.8, 4) is 5.75 Å². The van der Waals surface area contributed by atoms with Crippen LogP contribution in [0.5, 0.6) is 5.75 Å². The highest BCUT2D eigenvalue weighted by atomic mass is 19.3. The number of H-pyrrole nitrogens is 1. The fraction of sp³-hybridized carbons (Fsp3) is 0.308. The summed E-state index contributed by atoms with van der Waals surface area (Å²) in [6, 6.07) is 10.2. The summed E-state index contributed by atoms with van der Waals surface area (Å²) in [5, 5.41) is 2.38. The van der Waals surface area contributed by atoms with E-state index in [2.05, 4.69) is 5.10 Å². The van der Waals surface area contributed by atoms with Gasteiger partial charge in [-0.2, -0.15) is 0 Å². The maximum atomic E-state index is 12.4. The molecule has 6 heteroatoms. The van der Waals surface area contributed by atoms with E-state index >= 15 is 0 Å². The molecule has 1 aromatic heterocycles. The van der Waals surface area contributed by atoms with Crippen LogP contribution in [0, 0.1) is 0 Å². The van der Waals surface area contributed by atoms with E-state index < -0.39 is 12.0 Å². The fourth-order valence-electron chi connectivity index (χ4n) is 1.66. The Hall–Kier alpha value is -2.11. The van der Waals surface area contributed by atoms with Crippen molar-refractivity contribution in [2.45, 2.75) is 19.4 Å². The maximum Gasteiger partial charge on any atom is 0.279 e. The lowest BCUT2D eigenvalue weighted by molar-refractivity contribution is 0.145. The molecule has 19 heavy (non-hydrogen) atoms. The molecule has 2 rings (SSSR count). The Morgan fingerprint density at radius 3 is 2.63 bits per heavy atom. The van der Waals surface area contributed by atoms with Crippen molar-refractivity contribution in [2.24, 2.45) is 0 Å². The van der Waals surface area contributed by atoms with Gasteiger partial charge in [-0.25, -0.2) is 8.78 Å². The first-order chi connectivity index (χ1) is 9.16. The maximum absolute atomic E-state index is 12.4. The van der Waals surface area contributed by atoms with Gasteiger partial charge in [-0.1, -0.05) is 18.2 Å². The van der Waals surface area contributed by atoms with Gasteiger partial charge >= 0.3 is 0 Å². The number of aryl methyl sites for hydroxylation is 1. The second-order valence-corrected chi connectivity index (χ2v) is 4.02. The van der Waals surface area contributed by atoms with Gasteiger partial charge < -0.3 is 4.74 Å². The van der Waals surface area contributed by atoms with Gasteiger partial charge in [-0.15, -0.1) is 0 Å². The Morgan fingerprint density at radius 2 is 2.00 bits per heavy atom. The van der Waals surface area contributed by atoms with E-state index in [4.69, 9.17) is 4.74 Å². The van der Waals surface area contributed by atoms with Gasteiger partial charge in [0, 0.05) is 19.0 Å². The molecule has 0 spiro atoms. The van der Waals surface area contributed by atoms with Gasteiger partial charge in [0.25, 0.3) is 12.0 Å².